The Balaban J connectivity index is 1.23. The van der Waals surface area contributed by atoms with Gasteiger partial charge in [0.2, 0.25) is 5.95 Å². The molecular weight excluding hydrogens is 454 g/mol. The average molecular weight is 488 g/mol. The summed E-state index contributed by atoms with van der Waals surface area (Å²) in [4.78, 5) is 41.0. The van der Waals surface area contributed by atoms with Crippen molar-refractivity contribution in [1.29, 1.82) is 0 Å². The van der Waals surface area contributed by atoms with Gasteiger partial charge in [0.1, 0.15) is 11.3 Å². The second-order valence-corrected chi connectivity index (χ2v) is 11.1. The Morgan fingerprint density at radius 1 is 1.08 bits per heavy atom. The number of hydrogen-bond donors (Lipinski definition) is 1. The van der Waals surface area contributed by atoms with Crippen molar-refractivity contribution in [2.24, 2.45) is 5.92 Å². The summed E-state index contributed by atoms with van der Waals surface area (Å²) < 4.78 is 2.16. The number of amides is 2. The van der Waals surface area contributed by atoms with Crippen LogP contribution in [0.25, 0.3) is 11.0 Å². The summed E-state index contributed by atoms with van der Waals surface area (Å²) in [6.45, 7) is 1.55. The molecule has 7 rings (SSSR count). The van der Waals surface area contributed by atoms with Crippen LogP contribution >= 0.6 is 0 Å². The molecule has 1 N–H and O–H groups in total. The van der Waals surface area contributed by atoms with Crippen molar-refractivity contribution < 1.29 is 9.59 Å². The molecule has 1 aromatic carbocycles. The van der Waals surface area contributed by atoms with Crippen LogP contribution in [-0.4, -0.2) is 88.4 Å². The number of aromatic nitrogens is 3. The van der Waals surface area contributed by atoms with Crippen molar-refractivity contribution in [2.75, 3.05) is 46.6 Å². The lowest BCUT2D eigenvalue weighted by atomic mass is 9.49. The van der Waals surface area contributed by atoms with Gasteiger partial charge >= 0.3 is 0 Å². The van der Waals surface area contributed by atoms with Gasteiger partial charge in [0.05, 0.1) is 0 Å². The lowest BCUT2D eigenvalue weighted by Gasteiger charge is -2.62. The summed E-state index contributed by atoms with van der Waals surface area (Å²) in [5.41, 5.74) is 2.99. The fraction of sp³-hybridized carbons (Fsp3) is 0.481. The first kappa shape index (κ1) is 23.0. The molecule has 2 bridgehead atoms. The van der Waals surface area contributed by atoms with E-state index in [2.05, 4.69) is 33.9 Å². The molecule has 4 aliphatic rings. The molecule has 2 aromatic heterocycles. The van der Waals surface area contributed by atoms with Crippen LogP contribution in [0.5, 0.6) is 0 Å². The monoisotopic (exact) mass is 487 g/mol. The minimum Gasteiger partial charge on any atom is -0.343 e. The summed E-state index contributed by atoms with van der Waals surface area (Å²) in [6, 6.07) is 9.82. The quantitative estimate of drug-likeness (QED) is 0.575. The van der Waals surface area contributed by atoms with E-state index in [-0.39, 0.29) is 17.4 Å². The zero-order valence-corrected chi connectivity index (χ0v) is 21.4. The summed E-state index contributed by atoms with van der Waals surface area (Å²) in [6.07, 6.45) is 6.12. The number of likely N-dealkylation sites (N-methyl/N-ethyl adjacent to an activating group) is 1. The van der Waals surface area contributed by atoms with Crippen LogP contribution in [0.3, 0.4) is 0 Å². The molecule has 3 saturated carbocycles. The Hall–Kier alpha value is -3.46. The van der Waals surface area contributed by atoms with Crippen LogP contribution in [0, 0.1) is 5.92 Å². The van der Waals surface area contributed by atoms with E-state index >= 15 is 0 Å². The molecule has 188 valence electrons. The van der Waals surface area contributed by atoms with Gasteiger partial charge in [-0.25, -0.2) is 4.98 Å². The average Bonchev–Trinajstić information content (AvgIpc) is 3.43. The lowest BCUT2D eigenvalue weighted by Crippen LogP contribution is -2.60. The third-order valence-corrected chi connectivity index (χ3v) is 8.22. The molecule has 3 aromatic rings. The molecule has 2 amide bonds. The Morgan fingerprint density at radius 2 is 1.81 bits per heavy atom. The van der Waals surface area contributed by atoms with E-state index in [1.165, 1.54) is 0 Å². The van der Waals surface area contributed by atoms with Crippen molar-refractivity contribution in [3.63, 3.8) is 0 Å². The summed E-state index contributed by atoms with van der Waals surface area (Å²) in [7, 11) is 7.68. The lowest BCUT2D eigenvalue weighted by molar-refractivity contribution is -0.0870. The van der Waals surface area contributed by atoms with Crippen LogP contribution in [0.15, 0.2) is 36.5 Å². The highest BCUT2D eigenvalue weighted by Gasteiger charge is 2.59. The molecule has 4 fully saturated rings. The second-order valence-electron chi connectivity index (χ2n) is 11.1. The van der Waals surface area contributed by atoms with Gasteiger partial charge < -0.3 is 24.6 Å². The van der Waals surface area contributed by atoms with Gasteiger partial charge in [-0.15, -0.1) is 0 Å². The number of carbonyl (C=O) groups is 2. The summed E-state index contributed by atoms with van der Waals surface area (Å²) >= 11 is 0. The van der Waals surface area contributed by atoms with Crippen LogP contribution < -0.4 is 5.32 Å². The van der Waals surface area contributed by atoms with Crippen molar-refractivity contribution in [3.8, 4) is 0 Å². The van der Waals surface area contributed by atoms with Gasteiger partial charge in [0, 0.05) is 61.6 Å². The van der Waals surface area contributed by atoms with E-state index < -0.39 is 0 Å². The summed E-state index contributed by atoms with van der Waals surface area (Å²) in [5, 5.41) is 4.15. The fourth-order valence-corrected chi connectivity index (χ4v) is 5.98. The van der Waals surface area contributed by atoms with Gasteiger partial charge in [-0.1, -0.05) is 0 Å². The van der Waals surface area contributed by atoms with E-state index in [1.54, 1.807) is 25.2 Å². The zero-order valence-electron chi connectivity index (χ0n) is 21.4. The Morgan fingerprint density at radius 3 is 2.39 bits per heavy atom. The molecule has 0 spiro atoms. The predicted molar refractivity (Wildman–Crippen MR) is 139 cm³/mol. The van der Waals surface area contributed by atoms with Gasteiger partial charge in [-0.05, 0) is 76.0 Å². The van der Waals surface area contributed by atoms with Crippen LogP contribution in [-0.2, 0) is 5.54 Å². The van der Waals surface area contributed by atoms with E-state index in [0.29, 0.717) is 23.2 Å². The topological polar surface area (TPSA) is 86.6 Å². The number of likely N-dealkylation sites (tertiary alicyclic amines) is 1. The first-order valence-electron chi connectivity index (χ1n) is 12.7. The SMILES string of the molecule is CN(C)C(=O)c1cc2cnc(Nc3ccc(C(=O)N4CC[C@H](N(C)C)C4)cc3)nc2n1C12CC(C1)C2. The standard InChI is InChI=1S/C27H33N7O2/c1-31(2)21-9-10-33(16-21)24(35)18-5-7-20(8-6-18)29-26-28-15-19-11-22(25(36)32(3)4)34(23(19)30-26)27-12-17(13-27)14-27/h5-8,11,15,17,21H,9-10,12-14,16H2,1-4H3,(H,28,29,30)/t17?,21-,27?/m0/s1. The van der Waals surface area contributed by atoms with Crippen molar-refractivity contribution >= 4 is 34.5 Å². The maximum absolute atomic E-state index is 13.0. The number of nitrogens with one attached hydrogen (secondary N) is 1. The Labute approximate surface area is 211 Å². The number of carbonyl (C=O) groups excluding carboxylic acids is 2. The van der Waals surface area contributed by atoms with Crippen LogP contribution in [0.4, 0.5) is 11.6 Å². The fourth-order valence-electron chi connectivity index (χ4n) is 5.98. The van der Waals surface area contributed by atoms with Crippen molar-refractivity contribution in [1.82, 2.24) is 29.2 Å². The normalized spacial score (nSPS) is 24.5. The van der Waals surface area contributed by atoms with Gasteiger partial charge in [0.15, 0.2) is 0 Å². The van der Waals surface area contributed by atoms with E-state index in [0.717, 1.165) is 61.4 Å². The highest BCUT2D eigenvalue weighted by Crippen LogP contribution is 2.63. The first-order chi connectivity index (χ1) is 17.2. The molecule has 3 aliphatic carbocycles. The molecule has 9 heteroatoms. The molecule has 0 radical (unpaired) electrons. The van der Waals surface area contributed by atoms with Gasteiger partial charge in [-0.3, -0.25) is 9.59 Å². The van der Waals surface area contributed by atoms with Crippen LogP contribution in [0.2, 0.25) is 0 Å². The van der Waals surface area contributed by atoms with Gasteiger partial charge in [-0.2, -0.15) is 4.98 Å². The van der Waals surface area contributed by atoms with E-state index in [4.69, 9.17) is 4.98 Å². The third kappa shape index (κ3) is 3.64. The number of hydrogen-bond acceptors (Lipinski definition) is 6. The molecule has 3 heterocycles. The maximum Gasteiger partial charge on any atom is 0.270 e. The zero-order chi connectivity index (χ0) is 25.2. The summed E-state index contributed by atoms with van der Waals surface area (Å²) in [5.74, 6) is 1.31. The van der Waals surface area contributed by atoms with Gasteiger partial charge in [0.25, 0.3) is 11.8 Å². The molecule has 0 unspecified atom stereocenters. The number of anilines is 2. The molecule has 1 atom stereocenters. The smallest absolute Gasteiger partial charge is 0.270 e. The van der Waals surface area contributed by atoms with Crippen molar-refractivity contribution in [3.05, 3.63) is 47.8 Å². The first-order valence-corrected chi connectivity index (χ1v) is 12.7. The third-order valence-electron chi connectivity index (χ3n) is 8.22. The maximum atomic E-state index is 13.0. The van der Waals surface area contributed by atoms with Crippen molar-refractivity contribution in [2.45, 2.75) is 37.3 Å². The highest BCUT2D eigenvalue weighted by molar-refractivity contribution is 5.98. The van der Waals surface area contributed by atoms with E-state index in [9.17, 15) is 9.59 Å². The molecular formula is C27H33N7O2. The number of rotatable bonds is 6. The number of fused-ring (bicyclic) bond motifs is 1. The predicted octanol–water partition coefficient (Wildman–Crippen LogP) is 3.16. The van der Waals surface area contributed by atoms with E-state index in [1.807, 2.05) is 35.2 Å². The van der Waals surface area contributed by atoms with Crippen LogP contribution in [0.1, 0.15) is 46.5 Å². The highest BCUT2D eigenvalue weighted by atomic mass is 16.2. The molecule has 9 nitrogen and oxygen atoms in total. The minimum atomic E-state index is -0.0117. The Bertz CT molecular complexity index is 1330. The minimum absolute atomic E-state index is 0.0117. The molecule has 36 heavy (non-hydrogen) atoms. The number of nitrogens with zero attached hydrogens (tertiary/aromatic N) is 6. The Kier molecular flexibility index (Phi) is 5.29. The number of benzene rings is 1. The second kappa shape index (κ2) is 8.30. The largest absolute Gasteiger partial charge is 0.343 e. The molecule has 1 aliphatic heterocycles. The molecule has 1 saturated heterocycles.